The van der Waals surface area contributed by atoms with Gasteiger partial charge in [0.25, 0.3) is 5.91 Å². The maximum Gasteiger partial charge on any atom is 0.272 e. The lowest BCUT2D eigenvalue weighted by molar-refractivity contribution is 0.0741. The fraction of sp³-hybridized carbons (Fsp3) is 0.250. The van der Waals surface area contributed by atoms with E-state index in [1.54, 1.807) is 11.0 Å². The summed E-state index contributed by atoms with van der Waals surface area (Å²) in [6.45, 7) is 2.90. The molecule has 1 fully saturated rings. The number of halogens is 2. The van der Waals surface area contributed by atoms with Crippen molar-refractivity contribution < 1.29 is 4.79 Å². The number of amides is 1. The maximum atomic E-state index is 12.5. The molecule has 1 aliphatic heterocycles. The van der Waals surface area contributed by atoms with E-state index in [0.717, 1.165) is 13.1 Å². The molecule has 0 bridgehead atoms. The lowest BCUT2D eigenvalue weighted by Crippen LogP contribution is -2.49. The van der Waals surface area contributed by atoms with Crippen molar-refractivity contribution in [2.45, 2.75) is 0 Å². The summed E-state index contributed by atoms with van der Waals surface area (Å²) < 4.78 is 0. The molecule has 2 aromatic rings. The number of carbonyl (C=O) groups is 1. The van der Waals surface area contributed by atoms with E-state index in [1.807, 2.05) is 18.2 Å². The zero-order chi connectivity index (χ0) is 15.5. The van der Waals surface area contributed by atoms with Crippen molar-refractivity contribution >= 4 is 34.8 Å². The van der Waals surface area contributed by atoms with Gasteiger partial charge in [-0.05, 0) is 24.3 Å². The molecule has 114 valence electrons. The molecule has 0 N–H and O–H groups in total. The predicted octanol–water partition coefficient (Wildman–Crippen LogP) is 3.35. The van der Waals surface area contributed by atoms with E-state index in [1.165, 1.54) is 11.8 Å². The van der Waals surface area contributed by atoms with Gasteiger partial charge in [0.05, 0.1) is 0 Å². The highest BCUT2D eigenvalue weighted by atomic mass is 35.5. The number of hydrogen-bond donors (Lipinski definition) is 0. The Bertz CT molecular complexity index is 650. The number of carbonyl (C=O) groups excluding carboxylic acids is 1. The smallest absolute Gasteiger partial charge is 0.272 e. The first-order valence-corrected chi connectivity index (χ1v) is 7.81. The van der Waals surface area contributed by atoms with Crippen LogP contribution in [0.1, 0.15) is 10.5 Å². The highest BCUT2D eigenvalue weighted by molar-refractivity contribution is 6.34. The third kappa shape index (κ3) is 3.34. The van der Waals surface area contributed by atoms with Crippen molar-refractivity contribution in [3.8, 4) is 0 Å². The normalized spacial score (nSPS) is 15.0. The van der Waals surface area contributed by atoms with Crippen LogP contribution in [0.3, 0.4) is 0 Å². The van der Waals surface area contributed by atoms with E-state index >= 15 is 0 Å². The summed E-state index contributed by atoms with van der Waals surface area (Å²) in [6.07, 6.45) is 0. The number of pyridine rings is 1. The Kier molecular flexibility index (Phi) is 4.50. The van der Waals surface area contributed by atoms with Gasteiger partial charge >= 0.3 is 0 Å². The number of anilines is 1. The van der Waals surface area contributed by atoms with Gasteiger partial charge in [0.15, 0.2) is 0 Å². The van der Waals surface area contributed by atoms with E-state index in [-0.39, 0.29) is 11.1 Å². The molecule has 1 saturated heterocycles. The number of nitrogens with zero attached hydrogens (tertiary/aromatic N) is 3. The minimum absolute atomic E-state index is 0.128. The lowest BCUT2D eigenvalue weighted by Gasteiger charge is -2.36. The summed E-state index contributed by atoms with van der Waals surface area (Å²) in [5.41, 5.74) is 1.48. The topological polar surface area (TPSA) is 36.4 Å². The largest absolute Gasteiger partial charge is 0.368 e. The van der Waals surface area contributed by atoms with Crippen LogP contribution in [0, 0.1) is 0 Å². The van der Waals surface area contributed by atoms with Gasteiger partial charge in [0.2, 0.25) is 0 Å². The van der Waals surface area contributed by atoms with Gasteiger partial charge in [0, 0.05) is 36.9 Å². The minimum atomic E-state index is -0.128. The second kappa shape index (κ2) is 6.55. The van der Waals surface area contributed by atoms with Crippen LogP contribution in [0.4, 0.5) is 5.69 Å². The Labute approximate surface area is 139 Å². The fourth-order valence-corrected chi connectivity index (χ4v) is 3.01. The summed E-state index contributed by atoms with van der Waals surface area (Å²) in [4.78, 5) is 20.6. The van der Waals surface area contributed by atoms with Crippen molar-refractivity contribution in [1.82, 2.24) is 9.88 Å². The van der Waals surface area contributed by atoms with E-state index in [0.29, 0.717) is 23.8 Å². The highest BCUT2D eigenvalue weighted by Gasteiger charge is 2.23. The summed E-state index contributed by atoms with van der Waals surface area (Å²) in [5.74, 6) is -0.128. The predicted molar refractivity (Wildman–Crippen MR) is 88.8 cm³/mol. The molecule has 6 heteroatoms. The third-order valence-corrected chi connectivity index (χ3v) is 4.08. The van der Waals surface area contributed by atoms with Gasteiger partial charge in [-0.25, -0.2) is 4.98 Å². The van der Waals surface area contributed by atoms with Crippen LogP contribution in [0.5, 0.6) is 0 Å². The molecular formula is C16H15Cl2N3O. The van der Waals surface area contributed by atoms with Gasteiger partial charge in [-0.3, -0.25) is 4.79 Å². The van der Waals surface area contributed by atoms with Crippen LogP contribution in [0.2, 0.25) is 10.2 Å². The standard InChI is InChI=1S/C16H15Cl2N3O/c17-12-10-14(19-15(18)11-12)16(22)21-8-6-20(7-9-21)13-4-2-1-3-5-13/h1-5,10-11H,6-9H2. The Balaban J connectivity index is 1.67. The highest BCUT2D eigenvalue weighted by Crippen LogP contribution is 2.19. The van der Waals surface area contributed by atoms with Gasteiger partial charge in [-0.15, -0.1) is 0 Å². The number of hydrogen-bond acceptors (Lipinski definition) is 3. The zero-order valence-electron chi connectivity index (χ0n) is 11.9. The average Bonchev–Trinajstić information content (AvgIpc) is 2.54. The summed E-state index contributed by atoms with van der Waals surface area (Å²) >= 11 is 11.8. The SMILES string of the molecule is O=C(c1cc(Cl)cc(Cl)n1)N1CCN(c2ccccc2)CC1. The van der Waals surface area contributed by atoms with E-state index in [9.17, 15) is 4.79 Å². The molecule has 0 aliphatic carbocycles. The Morgan fingerprint density at radius 1 is 1.00 bits per heavy atom. The first kappa shape index (κ1) is 15.1. The molecule has 0 radical (unpaired) electrons. The molecule has 0 saturated carbocycles. The summed E-state index contributed by atoms with van der Waals surface area (Å²) in [6, 6.07) is 13.3. The molecule has 1 aromatic carbocycles. The van der Waals surface area contributed by atoms with Crippen LogP contribution in [0.25, 0.3) is 0 Å². The molecule has 1 amide bonds. The van der Waals surface area contributed by atoms with E-state index in [4.69, 9.17) is 23.2 Å². The monoisotopic (exact) mass is 335 g/mol. The van der Waals surface area contributed by atoms with E-state index < -0.39 is 0 Å². The van der Waals surface area contributed by atoms with Crippen molar-refractivity contribution in [1.29, 1.82) is 0 Å². The molecule has 2 heterocycles. The second-order valence-corrected chi connectivity index (χ2v) is 5.93. The number of para-hydroxylation sites is 1. The zero-order valence-corrected chi connectivity index (χ0v) is 13.4. The molecule has 1 aliphatic rings. The molecule has 1 aromatic heterocycles. The van der Waals surface area contributed by atoms with Crippen molar-refractivity contribution in [2.24, 2.45) is 0 Å². The van der Waals surface area contributed by atoms with Crippen LogP contribution in [0.15, 0.2) is 42.5 Å². The van der Waals surface area contributed by atoms with Gasteiger partial charge < -0.3 is 9.80 Å². The van der Waals surface area contributed by atoms with Crippen LogP contribution < -0.4 is 4.90 Å². The number of aromatic nitrogens is 1. The van der Waals surface area contributed by atoms with Crippen molar-refractivity contribution in [3.05, 3.63) is 58.3 Å². The molecule has 4 nitrogen and oxygen atoms in total. The number of piperazine rings is 1. The van der Waals surface area contributed by atoms with Gasteiger partial charge in [-0.1, -0.05) is 41.4 Å². The van der Waals surface area contributed by atoms with Crippen molar-refractivity contribution in [3.63, 3.8) is 0 Å². The van der Waals surface area contributed by atoms with E-state index in [2.05, 4.69) is 22.0 Å². The maximum absolute atomic E-state index is 12.5. The van der Waals surface area contributed by atoms with Crippen LogP contribution in [-0.2, 0) is 0 Å². The second-order valence-electron chi connectivity index (χ2n) is 5.11. The van der Waals surface area contributed by atoms with Gasteiger partial charge in [0.1, 0.15) is 10.8 Å². The quantitative estimate of drug-likeness (QED) is 0.789. The lowest BCUT2D eigenvalue weighted by atomic mass is 10.2. The Morgan fingerprint density at radius 3 is 2.32 bits per heavy atom. The molecule has 0 unspecified atom stereocenters. The fourth-order valence-electron chi connectivity index (χ4n) is 2.54. The molecule has 0 spiro atoms. The summed E-state index contributed by atoms with van der Waals surface area (Å²) in [7, 11) is 0. The first-order valence-electron chi connectivity index (χ1n) is 7.06. The van der Waals surface area contributed by atoms with Crippen LogP contribution >= 0.6 is 23.2 Å². The first-order chi connectivity index (χ1) is 10.6. The van der Waals surface area contributed by atoms with Crippen LogP contribution in [-0.4, -0.2) is 42.0 Å². The van der Waals surface area contributed by atoms with Gasteiger partial charge in [-0.2, -0.15) is 0 Å². The minimum Gasteiger partial charge on any atom is -0.368 e. The molecule has 22 heavy (non-hydrogen) atoms. The number of rotatable bonds is 2. The van der Waals surface area contributed by atoms with Crippen molar-refractivity contribution in [2.75, 3.05) is 31.1 Å². The summed E-state index contributed by atoms with van der Waals surface area (Å²) in [5, 5.41) is 0.657. The Hall–Kier alpha value is -1.78. The third-order valence-electron chi connectivity index (χ3n) is 3.67. The molecule has 3 rings (SSSR count). The Morgan fingerprint density at radius 2 is 1.68 bits per heavy atom. The molecular weight excluding hydrogens is 321 g/mol. The average molecular weight is 336 g/mol. The molecule has 0 atom stereocenters. The number of benzene rings is 1.